The Labute approximate surface area is 97.8 Å². The third-order valence-electron chi connectivity index (χ3n) is 2.28. The second kappa shape index (κ2) is 5.09. The van der Waals surface area contributed by atoms with E-state index >= 15 is 0 Å². The van der Waals surface area contributed by atoms with Crippen molar-refractivity contribution in [3.8, 4) is 11.4 Å². The molecule has 2 rings (SSSR count). The van der Waals surface area contributed by atoms with Crippen molar-refractivity contribution in [3.05, 3.63) is 40.8 Å². The third kappa shape index (κ3) is 2.40. The van der Waals surface area contributed by atoms with Gasteiger partial charge in [-0.1, -0.05) is 5.11 Å². The zero-order chi connectivity index (χ0) is 12.1. The van der Waals surface area contributed by atoms with Crippen LogP contribution < -0.4 is 0 Å². The summed E-state index contributed by atoms with van der Waals surface area (Å²) in [7, 11) is 0. The van der Waals surface area contributed by atoms with E-state index in [1.807, 2.05) is 13.0 Å². The van der Waals surface area contributed by atoms with Crippen LogP contribution in [0.15, 0.2) is 29.8 Å². The molecule has 7 nitrogen and oxygen atoms in total. The van der Waals surface area contributed by atoms with E-state index < -0.39 is 0 Å². The third-order valence-corrected chi connectivity index (χ3v) is 2.28. The lowest BCUT2D eigenvalue weighted by Gasteiger charge is -1.99. The molecule has 0 aromatic carbocycles. The highest BCUT2D eigenvalue weighted by Crippen LogP contribution is 2.16. The average molecular weight is 229 g/mol. The van der Waals surface area contributed by atoms with Gasteiger partial charge in [0, 0.05) is 29.5 Å². The molecule has 7 heteroatoms. The summed E-state index contributed by atoms with van der Waals surface area (Å²) >= 11 is 0. The lowest BCUT2D eigenvalue weighted by molar-refractivity contribution is 0.623. The maximum absolute atomic E-state index is 8.32. The maximum Gasteiger partial charge on any atom is 0.113 e. The van der Waals surface area contributed by atoms with Gasteiger partial charge in [-0.15, -0.1) is 0 Å². The molecule has 0 saturated carbocycles. The standard InChI is InChI=1S/C10H11N7/c1-2-17-8(6-14-16-11)5-9(15-17)10-7-12-3-4-13-10/h3-5,7H,2,6H2,1H3. The molecule has 0 aliphatic carbocycles. The highest BCUT2D eigenvalue weighted by molar-refractivity contribution is 5.52. The van der Waals surface area contributed by atoms with Gasteiger partial charge in [0.15, 0.2) is 0 Å². The van der Waals surface area contributed by atoms with Crippen molar-refractivity contribution < 1.29 is 0 Å². The number of nitrogens with zero attached hydrogens (tertiary/aromatic N) is 7. The van der Waals surface area contributed by atoms with Crippen LogP contribution in [0, 0.1) is 0 Å². The molecule has 0 atom stereocenters. The molecule has 17 heavy (non-hydrogen) atoms. The minimum absolute atomic E-state index is 0.289. The molecule has 0 bridgehead atoms. The first-order chi connectivity index (χ1) is 8.35. The van der Waals surface area contributed by atoms with Gasteiger partial charge in [0.25, 0.3) is 0 Å². The Balaban J connectivity index is 2.37. The van der Waals surface area contributed by atoms with Crippen LogP contribution in [0.5, 0.6) is 0 Å². The molecule has 0 amide bonds. The number of hydrogen-bond acceptors (Lipinski definition) is 4. The van der Waals surface area contributed by atoms with Crippen LogP contribution in [-0.2, 0) is 13.1 Å². The molecule has 0 saturated heterocycles. The van der Waals surface area contributed by atoms with Crippen LogP contribution in [0.25, 0.3) is 21.8 Å². The predicted octanol–water partition coefficient (Wildman–Crippen LogP) is 2.17. The summed E-state index contributed by atoms with van der Waals surface area (Å²) in [5.74, 6) is 0. The van der Waals surface area contributed by atoms with E-state index in [9.17, 15) is 0 Å². The topological polar surface area (TPSA) is 92.4 Å². The van der Waals surface area contributed by atoms with Gasteiger partial charge >= 0.3 is 0 Å². The first kappa shape index (κ1) is 11.1. The summed E-state index contributed by atoms with van der Waals surface area (Å²) in [6, 6.07) is 1.86. The zero-order valence-corrected chi connectivity index (χ0v) is 9.35. The van der Waals surface area contributed by atoms with Crippen molar-refractivity contribution in [2.75, 3.05) is 0 Å². The van der Waals surface area contributed by atoms with Crippen LogP contribution in [0.1, 0.15) is 12.6 Å². The zero-order valence-electron chi connectivity index (χ0n) is 9.35. The van der Waals surface area contributed by atoms with E-state index in [-0.39, 0.29) is 6.54 Å². The Morgan fingerprint density at radius 3 is 2.94 bits per heavy atom. The fraction of sp³-hybridized carbons (Fsp3) is 0.300. The summed E-state index contributed by atoms with van der Waals surface area (Å²) in [6.45, 7) is 2.99. The summed E-state index contributed by atoms with van der Waals surface area (Å²) in [5, 5.41) is 7.92. The number of rotatable bonds is 4. The Bertz CT molecular complexity index is 539. The van der Waals surface area contributed by atoms with Crippen molar-refractivity contribution in [1.29, 1.82) is 0 Å². The van der Waals surface area contributed by atoms with Crippen molar-refractivity contribution in [3.63, 3.8) is 0 Å². The Hall–Kier alpha value is -2.40. The molecule has 2 aromatic rings. The molecule has 0 fully saturated rings. The monoisotopic (exact) mass is 229 g/mol. The average Bonchev–Trinajstić information content (AvgIpc) is 2.80. The number of azide groups is 1. The first-order valence-corrected chi connectivity index (χ1v) is 5.19. The minimum atomic E-state index is 0.289. The molecule has 0 unspecified atom stereocenters. The summed E-state index contributed by atoms with van der Waals surface area (Å²) < 4.78 is 1.79. The summed E-state index contributed by atoms with van der Waals surface area (Å²) in [4.78, 5) is 10.9. The van der Waals surface area contributed by atoms with E-state index in [0.717, 1.165) is 17.9 Å². The van der Waals surface area contributed by atoms with Gasteiger partial charge in [-0.05, 0) is 18.5 Å². The number of aromatic nitrogens is 4. The Kier molecular flexibility index (Phi) is 3.32. The second-order valence-corrected chi connectivity index (χ2v) is 3.32. The minimum Gasteiger partial charge on any atom is -0.269 e. The van der Waals surface area contributed by atoms with E-state index in [4.69, 9.17) is 5.53 Å². The molecule has 0 radical (unpaired) electrons. The van der Waals surface area contributed by atoms with E-state index in [1.54, 1.807) is 23.3 Å². The molecule has 86 valence electrons. The van der Waals surface area contributed by atoms with Gasteiger partial charge < -0.3 is 0 Å². The van der Waals surface area contributed by atoms with Crippen LogP contribution in [0.4, 0.5) is 0 Å². The normalized spacial score (nSPS) is 9.94. The van der Waals surface area contributed by atoms with Gasteiger partial charge in [0.2, 0.25) is 0 Å². The molecule has 0 spiro atoms. The second-order valence-electron chi connectivity index (χ2n) is 3.32. The van der Waals surface area contributed by atoms with Crippen molar-refractivity contribution >= 4 is 0 Å². The Morgan fingerprint density at radius 1 is 1.41 bits per heavy atom. The quantitative estimate of drug-likeness (QED) is 0.456. The van der Waals surface area contributed by atoms with Gasteiger partial charge in [0.1, 0.15) is 11.4 Å². The smallest absolute Gasteiger partial charge is 0.113 e. The highest BCUT2D eigenvalue weighted by Gasteiger charge is 2.08. The van der Waals surface area contributed by atoms with Crippen LogP contribution in [-0.4, -0.2) is 19.7 Å². The van der Waals surface area contributed by atoms with Crippen molar-refractivity contribution in [2.24, 2.45) is 5.11 Å². The van der Waals surface area contributed by atoms with Gasteiger partial charge in [-0.3, -0.25) is 14.6 Å². The molecule has 2 heterocycles. The lowest BCUT2D eigenvalue weighted by atomic mass is 10.3. The van der Waals surface area contributed by atoms with Crippen LogP contribution >= 0.6 is 0 Å². The molecule has 0 N–H and O–H groups in total. The predicted molar refractivity (Wildman–Crippen MR) is 61.8 cm³/mol. The molecule has 0 aliphatic rings. The summed E-state index contributed by atoms with van der Waals surface area (Å²) in [5.41, 5.74) is 10.6. The number of hydrogen-bond donors (Lipinski definition) is 0. The van der Waals surface area contributed by atoms with Gasteiger partial charge in [-0.25, -0.2) is 0 Å². The first-order valence-electron chi connectivity index (χ1n) is 5.19. The molecular weight excluding hydrogens is 218 g/mol. The van der Waals surface area contributed by atoms with Crippen LogP contribution in [0.2, 0.25) is 0 Å². The fourth-order valence-corrected chi connectivity index (χ4v) is 1.52. The van der Waals surface area contributed by atoms with Crippen molar-refractivity contribution in [1.82, 2.24) is 19.7 Å². The fourth-order valence-electron chi connectivity index (χ4n) is 1.52. The molecule has 0 aliphatic heterocycles. The van der Waals surface area contributed by atoms with Gasteiger partial charge in [-0.2, -0.15) is 5.10 Å². The number of aryl methyl sites for hydroxylation is 1. The SMILES string of the molecule is CCn1nc(-c2cnccn2)cc1CN=[N+]=[N-]. The van der Waals surface area contributed by atoms with Gasteiger partial charge in [0.05, 0.1) is 12.7 Å². The maximum atomic E-state index is 8.32. The largest absolute Gasteiger partial charge is 0.269 e. The highest BCUT2D eigenvalue weighted by atomic mass is 15.3. The Morgan fingerprint density at radius 2 is 2.29 bits per heavy atom. The van der Waals surface area contributed by atoms with Crippen molar-refractivity contribution in [2.45, 2.75) is 20.0 Å². The van der Waals surface area contributed by atoms with Crippen LogP contribution in [0.3, 0.4) is 0 Å². The lowest BCUT2D eigenvalue weighted by Crippen LogP contribution is -2.01. The van der Waals surface area contributed by atoms with E-state index in [1.165, 1.54) is 0 Å². The summed E-state index contributed by atoms with van der Waals surface area (Å²) in [6.07, 6.45) is 4.88. The molecule has 2 aromatic heterocycles. The van der Waals surface area contributed by atoms with E-state index in [2.05, 4.69) is 25.1 Å². The van der Waals surface area contributed by atoms with E-state index in [0.29, 0.717) is 5.69 Å². The molecular formula is C10H11N7.